The molecule has 0 N–H and O–H groups in total. The van der Waals surface area contributed by atoms with Crippen LogP contribution in [-0.2, 0) is 0 Å². The predicted octanol–water partition coefficient (Wildman–Crippen LogP) is 3.55. The minimum absolute atomic E-state index is 0.0410. The van der Waals surface area contributed by atoms with E-state index in [0.717, 1.165) is 0 Å². The highest BCUT2D eigenvalue weighted by Crippen LogP contribution is 2.44. The van der Waals surface area contributed by atoms with E-state index in [-0.39, 0.29) is 29.2 Å². The third-order valence-corrected chi connectivity index (χ3v) is 5.20. The van der Waals surface area contributed by atoms with E-state index in [9.17, 15) is 9.59 Å². The average Bonchev–Trinajstić information content (AvgIpc) is 3.05. The topological polar surface area (TPSA) is 78.2 Å². The van der Waals surface area contributed by atoms with Crippen LogP contribution in [0.2, 0.25) is 0 Å². The van der Waals surface area contributed by atoms with Crippen LogP contribution >= 0.6 is 0 Å². The summed E-state index contributed by atoms with van der Waals surface area (Å²) in [5.41, 5.74) is 1.06. The van der Waals surface area contributed by atoms with E-state index >= 15 is 0 Å². The summed E-state index contributed by atoms with van der Waals surface area (Å²) in [7, 11) is 4.54. The van der Waals surface area contributed by atoms with Gasteiger partial charge in [-0.1, -0.05) is 18.2 Å². The molecule has 154 valence electrons. The summed E-state index contributed by atoms with van der Waals surface area (Å²) in [6.45, 7) is 3.99. The Labute approximate surface area is 173 Å². The van der Waals surface area contributed by atoms with Crippen molar-refractivity contribution in [2.45, 2.75) is 6.04 Å². The molecule has 2 heterocycles. The molecule has 0 bridgehead atoms. The molecule has 0 spiro atoms. The van der Waals surface area contributed by atoms with E-state index in [1.54, 1.807) is 47.4 Å². The molecule has 0 saturated heterocycles. The number of hydrogen-bond acceptors (Lipinski definition) is 6. The van der Waals surface area contributed by atoms with Crippen molar-refractivity contribution in [1.29, 1.82) is 0 Å². The van der Waals surface area contributed by atoms with E-state index in [2.05, 4.69) is 6.58 Å². The molecule has 4 rings (SSSR count). The van der Waals surface area contributed by atoms with Gasteiger partial charge in [-0.15, -0.1) is 6.58 Å². The first-order valence-electron chi connectivity index (χ1n) is 9.33. The van der Waals surface area contributed by atoms with E-state index in [4.69, 9.17) is 18.6 Å². The van der Waals surface area contributed by atoms with Crippen LogP contribution in [0.3, 0.4) is 0 Å². The minimum Gasteiger partial charge on any atom is -0.493 e. The SMILES string of the molecule is C=CCN1C(=O)c2oc3ccccc3c(=O)c2C1c1cc(OC)c(OC)c(OC)c1. The quantitative estimate of drug-likeness (QED) is 0.582. The van der Waals surface area contributed by atoms with E-state index < -0.39 is 6.04 Å². The monoisotopic (exact) mass is 407 g/mol. The molecule has 0 radical (unpaired) electrons. The molecule has 0 aliphatic carbocycles. The van der Waals surface area contributed by atoms with Gasteiger partial charge in [0, 0.05) is 6.54 Å². The van der Waals surface area contributed by atoms with Gasteiger partial charge in [-0.3, -0.25) is 9.59 Å². The Morgan fingerprint density at radius 3 is 2.33 bits per heavy atom. The summed E-state index contributed by atoms with van der Waals surface area (Å²) in [5, 5.41) is 0.418. The second-order valence-corrected chi connectivity index (χ2v) is 6.78. The second kappa shape index (κ2) is 7.59. The molecule has 7 nitrogen and oxygen atoms in total. The molecule has 1 atom stereocenters. The largest absolute Gasteiger partial charge is 0.493 e. The fourth-order valence-electron chi connectivity index (χ4n) is 3.90. The molecule has 30 heavy (non-hydrogen) atoms. The molecule has 0 saturated carbocycles. The Bertz CT molecular complexity index is 1190. The van der Waals surface area contributed by atoms with Gasteiger partial charge in [0.15, 0.2) is 16.9 Å². The van der Waals surface area contributed by atoms with Gasteiger partial charge in [0.05, 0.1) is 38.3 Å². The first-order valence-corrected chi connectivity index (χ1v) is 9.33. The maximum atomic E-state index is 13.4. The number of amides is 1. The van der Waals surface area contributed by atoms with Gasteiger partial charge in [-0.2, -0.15) is 0 Å². The zero-order chi connectivity index (χ0) is 21.4. The first kappa shape index (κ1) is 19.6. The smallest absolute Gasteiger partial charge is 0.291 e. The highest BCUT2D eigenvalue weighted by molar-refractivity contribution is 5.99. The summed E-state index contributed by atoms with van der Waals surface area (Å²) in [5.74, 6) is 0.952. The molecule has 1 unspecified atom stereocenters. The molecule has 1 amide bonds. The lowest BCUT2D eigenvalue weighted by Crippen LogP contribution is -2.29. The predicted molar refractivity (Wildman–Crippen MR) is 112 cm³/mol. The lowest BCUT2D eigenvalue weighted by molar-refractivity contribution is 0.0748. The number of methoxy groups -OCH3 is 3. The van der Waals surface area contributed by atoms with Gasteiger partial charge < -0.3 is 23.5 Å². The fourth-order valence-corrected chi connectivity index (χ4v) is 3.90. The summed E-state index contributed by atoms with van der Waals surface area (Å²) in [4.78, 5) is 28.1. The third kappa shape index (κ3) is 2.82. The lowest BCUT2D eigenvalue weighted by Gasteiger charge is -2.25. The molecule has 3 aromatic rings. The van der Waals surface area contributed by atoms with Crippen LogP contribution in [0, 0.1) is 0 Å². The van der Waals surface area contributed by atoms with Crippen molar-refractivity contribution in [3.05, 3.63) is 76.2 Å². The summed E-state index contributed by atoms with van der Waals surface area (Å²) in [6, 6.07) is 9.68. The van der Waals surface area contributed by atoms with Crippen LogP contribution in [0.1, 0.15) is 27.7 Å². The molecule has 1 aliphatic rings. The van der Waals surface area contributed by atoms with Crippen LogP contribution in [-0.4, -0.2) is 38.7 Å². The summed E-state index contributed by atoms with van der Waals surface area (Å²) < 4.78 is 22.2. The van der Waals surface area contributed by atoms with Crippen LogP contribution in [0.15, 0.2) is 58.3 Å². The number of para-hydroxylation sites is 1. The van der Waals surface area contributed by atoms with E-state index in [1.807, 2.05) is 0 Å². The molecule has 1 aliphatic heterocycles. The Balaban J connectivity index is 2.02. The van der Waals surface area contributed by atoms with Crippen molar-refractivity contribution < 1.29 is 23.4 Å². The van der Waals surface area contributed by atoms with Crippen molar-refractivity contribution in [2.75, 3.05) is 27.9 Å². The maximum absolute atomic E-state index is 13.4. The number of carbonyl (C=O) groups excluding carboxylic acids is 1. The normalized spacial score (nSPS) is 15.2. The van der Waals surface area contributed by atoms with Gasteiger partial charge in [0.1, 0.15) is 5.58 Å². The Hall–Kier alpha value is -3.74. The average molecular weight is 407 g/mol. The van der Waals surface area contributed by atoms with Gasteiger partial charge in [0.25, 0.3) is 5.91 Å². The Morgan fingerprint density at radius 1 is 1.07 bits per heavy atom. The zero-order valence-electron chi connectivity index (χ0n) is 16.9. The standard InChI is InChI=1S/C23H21NO6/c1-5-10-24-19(13-11-16(27-2)21(29-4)17(12-13)28-3)18-20(25)14-8-6-7-9-15(14)30-22(18)23(24)26/h5-9,11-12,19H,1,10H2,2-4H3. The number of fused-ring (bicyclic) bond motifs is 2. The van der Waals surface area contributed by atoms with Crippen molar-refractivity contribution in [2.24, 2.45) is 0 Å². The van der Waals surface area contributed by atoms with Crippen LogP contribution in [0.4, 0.5) is 0 Å². The fraction of sp³-hybridized carbons (Fsp3) is 0.217. The van der Waals surface area contributed by atoms with Crippen LogP contribution < -0.4 is 19.6 Å². The number of rotatable bonds is 6. The van der Waals surface area contributed by atoms with Crippen molar-refractivity contribution in [3.63, 3.8) is 0 Å². The van der Waals surface area contributed by atoms with Gasteiger partial charge in [0.2, 0.25) is 11.5 Å². The van der Waals surface area contributed by atoms with Crippen molar-refractivity contribution >= 4 is 16.9 Å². The molecule has 2 aromatic carbocycles. The number of hydrogen-bond donors (Lipinski definition) is 0. The van der Waals surface area contributed by atoms with E-state index in [0.29, 0.717) is 33.8 Å². The molecule has 0 fully saturated rings. The molecular formula is C23H21NO6. The van der Waals surface area contributed by atoms with Gasteiger partial charge in [-0.05, 0) is 29.8 Å². The van der Waals surface area contributed by atoms with E-state index in [1.165, 1.54) is 21.3 Å². The van der Waals surface area contributed by atoms with Gasteiger partial charge >= 0.3 is 0 Å². The Morgan fingerprint density at radius 2 is 1.73 bits per heavy atom. The summed E-state index contributed by atoms with van der Waals surface area (Å²) >= 11 is 0. The number of ether oxygens (including phenoxy) is 3. The third-order valence-electron chi connectivity index (χ3n) is 5.20. The van der Waals surface area contributed by atoms with Gasteiger partial charge in [-0.25, -0.2) is 0 Å². The number of carbonyl (C=O) groups is 1. The number of benzene rings is 2. The first-order chi connectivity index (χ1) is 14.5. The maximum Gasteiger partial charge on any atom is 0.291 e. The van der Waals surface area contributed by atoms with Crippen LogP contribution in [0.5, 0.6) is 17.2 Å². The zero-order valence-corrected chi connectivity index (χ0v) is 16.9. The van der Waals surface area contributed by atoms with Crippen LogP contribution in [0.25, 0.3) is 11.0 Å². The minimum atomic E-state index is -0.680. The highest BCUT2D eigenvalue weighted by Gasteiger charge is 2.42. The van der Waals surface area contributed by atoms with Crippen molar-refractivity contribution in [1.82, 2.24) is 4.90 Å². The second-order valence-electron chi connectivity index (χ2n) is 6.78. The molecular weight excluding hydrogens is 386 g/mol. The number of nitrogens with zero attached hydrogens (tertiary/aromatic N) is 1. The summed E-state index contributed by atoms with van der Waals surface area (Å²) in [6.07, 6.45) is 1.61. The lowest BCUT2D eigenvalue weighted by atomic mass is 9.97. The van der Waals surface area contributed by atoms with Crippen molar-refractivity contribution in [3.8, 4) is 17.2 Å². The molecule has 7 heteroatoms. The Kier molecular flexibility index (Phi) is 4.95. The molecule has 1 aromatic heterocycles. The highest BCUT2D eigenvalue weighted by atomic mass is 16.5.